The van der Waals surface area contributed by atoms with Gasteiger partial charge in [0.25, 0.3) is 0 Å². The van der Waals surface area contributed by atoms with Crippen LogP contribution in [0.3, 0.4) is 0 Å². The van der Waals surface area contributed by atoms with Gasteiger partial charge < -0.3 is 10.1 Å². The molecule has 1 fully saturated rings. The van der Waals surface area contributed by atoms with Crippen molar-refractivity contribution >= 4 is 23.4 Å². The summed E-state index contributed by atoms with van der Waals surface area (Å²) >= 11 is 1.67. The number of hydrogen-bond donors (Lipinski definition) is 3. The summed E-state index contributed by atoms with van der Waals surface area (Å²) in [6, 6.07) is 14.1. The number of hydrazine groups is 1. The van der Waals surface area contributed by atoms with E-state index in [1.165, 1.54) is 11.1 Å². The van der Waals surface area contributed by atoms with Gasteiger partial charge in [-0.15, -0.1) is 11.8 Å². The van der Waals surface area contributed by atoms with Crippen LogP contribution in [0.2, 0.25) is 0 Å². The topological polar surface area (TPSA) is 62.4 Å². The Hall–Kier alpha value is -2.02. The Bertz CT molecular complexity index is 826. The monoisotopic (exact) mass is 369 g/mol. The Balaban J connectivity index is 1.50. The lowest BCUT2D eigenvalue weighted by atomic mass is 9.77. The quantitative estimate of drug-likeness (QED) is 0.723. The van der Waals surface area contributed by atoms with Crippen molar-refractivity contribution in [3.63, 3.8) is 0 Å². The largest absolute Gasteiger partial charge is 0.497 e. The molecule has 3 unspecified atom stereocenters. The van der Waals surface area contributed by atoms with Crippen molar-refractivity contribution in [3.8, 4) is 5.75 Å². The molecule has 2 aromatic carbocycles. The van der Waals surface area contributed by atoms with Gasteiger partial charge in [-0.25, -0.2) is 10.9 Å². The van der Waals surface area contributed by atoms with Gasteiger partial charge in [-0.1, -0.05) is 12.1 Å². The number of thioether (sulfide) groups is 1. The Morgan fingerprint density at radius 2 is 2.12 bits per heavy atom. The van der Waals surface area contributed by atoms with E-state index < -0.39 is 0 Å². The summed E-state index contributed by atoms with van der Waals surface area (Å²) in [5.74, 6) is 1.14. The fourth-order valence-electron chi connectivity index (χ4n) is 3.96. The number of hydrogen-bond acceptors (Lipinski definition) is 5. The molecule has 0 aromatic heterocycles. The SMILES string of the molecule is COc1ccc2c(c1)CCC1C(C(=O)Nc3cccc(SC)c3)NNC21. The first kappa shape index (κ1) is 17.4. The smallest absolute Gasteiger partial charge is 0.243 e. The van der Waals surface area contributed by atoms with Gasteiger partial charge >= 0.3 is 0 Å². The van der Waals surface area contributed by atoms with Crippen LogP contribution in [0.25, 0.3) is 0 Å². The lowest BCUT2D eigenvalue weighted by Crippen LogP contribution is -2.42. The van der Waals surface area contributed by atoms with E-state index in [-0.39, 0.29) is 23.9 Å². The Kier molecular flexibility index (Phi) is 4.89. The number of aryl methyl sites for hydroxylation is 1. The van der Waals surface area contributed by atoms with Crippen LogP contribution >= 0.6 is 11.8 Å². The molecule has 2 aromatic rings. The van der Waals surface area contributed by atoms with Crippen LogP contribution in [0.15, 0.2) is 47.4 Å². The number of amides is 1. The lowest BCUT2D eigenvalue weighted by Gasteiger charge is -2.29. The molecule has 1 heterocycles. The molecule has 136 valence electrons. The summed E-state index contributed by atoms with van der Waals surface area (Å²) in [7, 11) is 1.69. The zero-order valence-electron chi connectivity index (χ0n) is 14.9. The summed E-state index contributed by atoms with van der Waals surface area (Å²) in [6.45, 7) is 0. The number of benzene rings is 2. The first-order chi connectivity index (χ1) is 12.7. The zero-order valence-corrected chi connectivity index (χ0v) is 15.7. The van der Waals surface area contributed by atoms with Gasteiger partial charge in [0.05, 0.1) is 13.2 Å². The molecule has 3 N–H and O–H groups in total. The van der Waals surface area contributed by atoms with Crippen molar-refractivity contribution in [1.29, 1.82) is 0 Å². The molecule has 0 spiro atoms. The number of ether oxygens (including phenoxy) is 1. The van der Waals surface area contributed by atoms with E-state index in [9.17, 15) is 4.79 Å². The van der Waals surface area contributed by atoms with E-state index >= 15 is 0 Å². The van der Waals surface area contributed by atoms with E-state index in [2.05, 4.69) is 28.3 Å². The molecular formula is C20H23N3O2S. The molecule has 3 atom stereocenters. The van der Waals surface area contributed by atoms with E-state index in [4.69, 9.17) is 4.74 Å². The highest BCUT2D eigenvalue weighted by atomic mass is 32.2. The van der Waals surface area contributed by atoms with Crippen LogP contribution in [-0.4, -0.2) is 25.3 Å². The second-order valence-electron chi connectivity index (χ2n) is 6.73. The second kappa shape index (κ2) is 7.31. The third-order valence-corrected chi connectivity index (χ3v) is 6.03. The Morgan fingerprint density at radius 1 is 1.23 bits per heavy atom. The highest BCUT2D eigenvalue weighted by Crippen LogP contribution is 2.40. The molecule has 1 saturated heterocycles. The Labute approximate surface area is 157 Å². The molecule has 0 saturated carbocycles. The predicted octanol–water partition coefficient (Wildman–Crippen LogP) is 3.14. The van der Waals surface area contributed by atoms with Crippen molar-refractivity contribution in [2.75, 3.05) is 18.7 Å². The van der Waals surface area contributed by atoms with E-state index in [1.807, 2.05) is 36.6 Å². The number of carbonyl (C=O) groups excluding carboxylic acids is 1. The van der Waals surface area contributed by atoms with Crippen LogP contribution in [0.5, 0.6) is 5.75 Å². The van der Waals surface area contributed by atoms with Crippen LogP contribution in [-0.2, 0) is 11.2 Å². The van der Waals surface area contributed by atoms with Gasteiger partial charge in [0.1, 0.15) is 11.8 Å². The highest BCUT2D eigenvalue weighted by Gasteiger charge is 2.43. The van der Waals surface area contributed by atoms with Crippen LogP contribution in [0.4, 0.5) is 5.69 Å². The number of carbonyl (C=O) groups is 1. The van der Waals surface area contributed by atoms with E-state index in [1.54, 1.807) is 18.9 Å². The fraction of sp³-hybridized carbons (Fsp3) is 0.350. The molecule has 4 rings (SSSR count). The van der Waals surface area contributed by atoms with Gasteiger partial charge in [0.2, 0.25) is 5.91 Å². The molecular weight excluding hydrogens is 346 g/mol. The van der Waals surface area contributed by atoms with Crippen molar-refractivity contribution in [3.05, 3.63) is 53.6 Å². The van der Waals surface area contributed by atoms with Gasteiger partial charge in [0, 0.05) is 16.5 Å². The average Bonchev–Trinajstić information content (AvgIpc) is 3.12. The maximum Gasteiger partial charge on any atom is 0.243 e. The van der Waals surface area contributed by atoms with Crippen LogP contribution < -0.4 is 20.9 Å². The minimum absolute atomic E-state index is 0.0141. The van der Waals surface area contributed by atoms with Crippen LogP contribution in [0.1, 0.15) is 23.6 Å². The molecule has 5 nitrogen and oxygen atoms in total. The standard InChI is InChI=1S/C20H23N3O2S/c1-25-14-7-9-16-12(10-14)6-8-17-18(16)22-23-19(17)20(24)21-13-4-3-5-15(11-13)26-2/h3-5,7,9-11,17-19,22-23H,6,8H2,1-2H3,(H,21,24). The minimum Gasteiger partial charge on any atom is -0.497 e. The third-order valence-electron chi connectivity index (χ3n) is 5.30. The van der Waals surface area contributed by atoms with Gasteiger partial charge in [-0.3, -0.25) is 4.79 Å². The number of rotatable bonds is 4. The summed E-state index contributed by atoms with van der Waals surface area (Å²) < 4.78 is 5.33. The van der Waals surface area contributed by atoms with Crippen molar-refractivity contribution in [2.24, 2.45) is 5.92 Å². The Morgan fingerprint density at radius 3 is 2.92 bits per heavy atom. The maximum atomic E-state index is 12.8. The van der Waals surface area contributed by atoms with Crippen LogP contribution in [0, 0.1) is 5.92 Å². The molecule has 1 aliphatic carbocycles. The summed E-state index contributed by atoms with van der Waals surface area (Å²) in [6.07, 6.45) is 3.96. The molecule has 0 bridgehead atoms. The van der Waals surface area contributed by atoms with Gasteiger partial charge in [-0.05, 0) is 60.6 Å². The molecule has 1 aliphatic heterocycles. The number of fused-ring (bicyclic) bond motifs is 3. The van der Waals surface area contributed by atoms with E-state index in [0.29, 0.717) is 0 Å². The van der Waals surface area contributed by atoms with Crippen molar-refractivity contribution in [1.82, 2.24) is 10.9 Å². The predicted molar refractivity (Wildman–Crippen MR) is 104 cm³/mol. The second-order valence-corrected chi connectivity index (χ2v) is 7.61. The molecule has 26 heavy (non-hydrogen) atoms. The van der Waals surface area contributed by atoms with E-state index in [0.717, 1.165) is 29.2 Å². The molecule has 2 aliphatic rings. The minimum atomic E-state index is -0.242. The normalized spacial score (nSPS) is 23.8. The molecule has 6 heteroatoms. The average molecular weight is 369 g/mol. The highest BCUT2D eigenvalue weighted by molar-refractivity contribution is 7.98. The third kappa shape index (κ3) is 3.20. The zero-order chi connectivity index (χ0) is 18.1. The first-order valence-corrected chi connectivity index (χ1v) is 10.0. The lowest BCUT2D eigenvalue weighted by molar-refractivity contribution is -0.118. The first-order valence-electron chi connectivity index (χ1n) is 8.82. The summed E-state index contributed by atoms with van der Waals surface area (Å²) in [5.41, 5.74) is 9.95. The number of methoxy groups -OCH3 is 1. The molecule has 1 amide bonds. The van der Waals surface area contributed by atoms with Gasteiger partial charge in [-0.2, -0.15) is 0 Å². The van der Waals surface area contributed by atoms with Gasteiger partial charge in [0.15, 0.2) is 0 Å². The number of nitrogens with one attached hydrogen (secondary N) is 3. The fourth-order valence-corrected chi connectivity index (χ4v) is 4.42. The summed E-state index contributed by atoms with van der Waals surface area (Å²) in [4.78, 5) is 14.0. The molecule has 0 radical (unpaired) electrons. The number of anilines is 1. The maximum absolute atomic E-state index is 12.8. The van der Waals surface area contributed by atoms with Crippen molar-refractivity contribution in [2.45, 2.75) is 29.8 Å². The van der Waals surface area contributed by atoms with Crippen molar-refractivity contribution < 1.29 is 9.53 Å². The summed E-state index contributed by atoms with van der Waals surface area (Å²) in [5, 5.41) is 3.06.